The standard InChI is InChI=1S/C17H21N4O4P/c1-3-24-26(22,25-4-2)11-23-13-7-5-6-12(8-13)14-9-19-17-15(14)16(18)20-10-21-17/h5-10H,3-4,11H2,1-2H3,(H3,18,19,20,21). The number of aromatic nitrogens is 3. The Morgan fingerprint density at radius 3 is 2.69 bits per heavy atom. The van der Waals surface area contributed by atoms with Gasteiger partial charge in [0, 0.05) is 11.8 Å². The third-order valence-electron chi connectivity index (χ3n) is 3.69. The quantitative estimate of drug-likeness (QED) is 0.575. The normalized spacial score (nSPS) is 11.8. The van der Waals surface area contributed by atoms with Crippen LogP contribution in [0.4, 0.5) is 5.82 Å². The van der Waals surface area contributed by atoms with Crippen molar-refractivity contribution in [1.82, 2.24) is 15.0 Å². The van der Waals surface area contributed by atoms with Gasteiger partial charge in [0.25, 0.3) is 0 Å². The molecule has 2 heterocycles. The Kier molecular flexibility index (Phi) is 5.56. The second-order valence-electron chi connectivity index (χ2n) is 5.43. The third kappa shape index (κ3) is 3.88. The monoisotopic (exact) mass is 376 g/mol. The molecule has 8 nitrogen and oxygen atoms in total. The Hall–Kier alpha value is -2.41. The second-order valence-corrected chi connectivity index (χ2v) is 7.43. The van der Waals surface area contributed by atoms with Gasteiger partial charge in [0.2, 0.25) is 0 Å². The lowest BCUT2D eigenvalue weighted by Crippen LogP contribution is -2.05. The second kappa shape index (κ2) is 7.86. The van der Waals surface area contributed by atoms with E-state index in [2.05, 4.69) is 15.0 Å². The van der Waals surface area contributed by atoms with Crippen molar-refractivity contribution < 1.29 is 18.3 Å². The number of nitrogen functional groups attached to an aromatic ring is 1. The van der Waals surface area contributed by atoms with Crippen LogP contribution in [-0.4, -0.2) is 34.5 Å². The van der Waals surface area contributed by atoms with Crippen LogP contribution in [0.1, 0.15) is 13.8 Å². The van der Waals surface area contributed by atoms with E-state index in [1.807, 2.05) is 24.4 Å². The van der Waals surface area contributed by atoms with Crippen molar-refractivity contribution in [2.45, 2.75) is 13.8 Å². The van der Waals surface area contributed by atoms with Gasteiger partial charge in [-0.05, 0) is 31.5 Å². The molecule has 0 saturated heterocycles. The van der Waals surface area contributed by atoms with Crippen molar-refractivity contribution in [3.8, 4) is 16.9 Å². The molecule has 0 amide bonds. The Balaban J connectivity index is 1.85. The average molecular weight is 376 g/mol. The summed E-state index contributed by atoms with van der Waals surface area (Å²) in [6.07, 6.45) is 3.08. The number of anilines is 1. The molecular formula is C17H21N4O4P. The summed E-state index contributed by atoms with van der Waals surface area (Å²) < 4.78 is 28.7. The number of H-pyrrole nitrogens is 1. The fraction of sp³-hybridized carbons (Fsp3) is 0.294. The van der Waals surface area contributed by atoms with Crippen LogP contribution >= 0.6 is 7.60 Å². The molecule has 3 N–H and O–H groups in total. The molecule has 2 aromatic heterocycles. The number of hydrogen-bond acceptors (Lipinski definition) is 7. The predicted octanol–water partition coefficient (Wildman–Crippen LogP) is 3.81. The highest BCUT2D eigenvalue weighted by Gasteiger charge is 2.24. The molecule has 0 saturated carbocycles. The fourth-order valence-corrected chi connectivity index (χ4v) is 3.94. The lowest BCUT2D eigenvalue weighted by Gasteiger charge is -2.17. The Bertz CT molecular complexity index is 933. The molecule has 0 aliphatic carbocycles. The molecule has 0 atom stereocenters. The zero-order valence-electron chi connectivity index (χ0n) is 14.6. The van der Waals surface area contributed by atoms with E-state index in [0.29, 0.717) is 17.2 Å². The smallest absolute Gasteiger partial charge is 0.367 e. The zero-order chi connectivity index (χ0) is 18.6. The van der Waals surface area contributed by atoms with Crippen molar-refractivity contribution in [2.75, 3.05) is 25.3 Å². The van der Waals surface area contributed by atoms with Crippen LogP contribution in [0.15, 0.2) is 36.8 Å². The molecule has 0 aliphatic rings. The molecular weight excluding hydrogens is 355 g/mol. The van der Waals surface area contributed by atoms with E-state index in [0.717, 1.165) is 16.5 Å². The first-order chi connectivity index (χ1) is 12.6. The van der Waals surface area contributed by atoms with Gasteiger partial charge in [0.1, 0.15) is 23.5 Å². The van der Waals surface area contributed by atoms with Crippen LogP contribution in [0.3, 0.4) is 0 Å². The first kappa shape index (κ1) is 18.4. The van der Waals surface area contributed by atoms with Crippen molar-refractivity contribution >= 4 is 24.4 Å². The predicted molar refractivity (Wildman–Crippen MR) is 100 cm³/mol. The van der Waals surface area contributed by atoms with Crippen LogP contribution in [0.25, 0.3) is 22.2 Å². The summed E-state index contributed by atoms with van der Waals surface area (Å²) in [7, 11) is -3.28. The number of benzene rings is 1. The van der Waals surface area contributed by atoms with Crippen LogP contribution in [-0.2, 0) is 13.6 Å². The highest BCUT2D eigenvalue weighted by molar-refractivity contribution is 7.53. The summed E-state index contributed by atoms with van der Waals surface area (Å²) in [5.74, 6) is 0.946. The Labute approximate surface area is 151 Å². The highest BCUT2D eigenvalue weighted by atomic mass is 31.2. The fourth-order valence-electron chi connectivity index (χ4n) is 2.63. The van der Waals surface area contributed by atoms with Gasteiger partial charge in [-0.3, -0.25) is 4.57 Å². The average Bonchev–Trinajstić information content (AvgIpc) is 3.06. The van der Waals surface area contributed by atoms with Crippen LogP contribution < -0.4 is 10.5 Å². The topological polar surface area (TPSA) is 112 Å². The van der Waals surface area contributed by atoms with Crippen molar-refractivity contribution in [3.05, 3.63) is 36.8 Å². The summed E-state index contributed by atoms with van der Waals surface area (Å²) >= 11 is 0. The Morgan fingerprint density at radius 1 is 1.19 bits per heavy atom. The zero-order valence-corrected chi connectivity index (χ0v) is 15.5. The number of aromatic amines is 1. The maximum absolute atomic E-state index is 12.5. The lowest BCUT2D eigenvalue weighted by molar-refractivity contribution is 0.197. The first-order valence-corrected chi connectivity index (χ1v) is 9.98. The van der Waals surface area contributed by atoms with E-state index >= 15 is 0 Å². The van der Waals surface area contributed by atoms with Crippen LogP contribution in [0.5, 0.6) is 5.75 Å². The number of rotatable bonds is 8. The molecule has 0 aliphatic heterocycles. The minimum Gasteiger partial charge on any atom is -0.481 e. The van der Waals surface area contributed by atoms with Gasteiger partial charge < -0.3 is 24.5 Å². The molecule has 138 valence electrons. The number of ether oxygens (including phenoxy) is 1. The molecule has 3 aromatic rings. The van der Waals surface area contributed by atoms with Gasteiger partial charge in [-0.25, -0.2) is 9.97 Å². The van der Waals surface area contributed by atoms with E-state index in [1.165, 1.54) is 6.33 Å². The van der Waals surface area contributed by atoms with Crippen LogP contribution in [0, 0.1) is 0 Å². The van der Waals surface area contributed by atoms with Gasteiger partial charge >= 0.3 is 7.60 Å². The molecule has 0 spiro atoms. The number of nitrogens with one attached hydrogen (secondary N) is 1. The van der Waals surface area contributed by atoms with Crippen molar-refractivity contribution in [1.29, 1.82) is 0 Å². The Morgan fingerprint density at radius 2 is 1.96 bits per heavy atom. The van der Waals surface area contributed by atoms with E-state index in [9.17, 15) is 4.57 Å². The molecule has 0 unspecified atom stereocenters. The number of nitrogens with two attached hydrogens (primary N) is 1. The summed E-state index contributed by atoms with van der Waals surface area (Å²) in [6.45, 7) is 4.09. The molecule has 0 radical (unpaired) electrons. The maximum atomic E-state index is 12.5. The molecule has 9 heteroatoms. The molecule has 0 bridgehead atoms. The van der Waals surface area contributed by atoms with Gasteiger partial charge in [-0.2, -0.15) is 0 Å². The van der Waals surface area contributed by atoms with Gasteiger partial charge in [0.15, 0.2) is 6.35 Å². The van der Waals surface area contributed by atoms with Crippen LogP contribution in [0.2, 0.25) is 0 Å². The number of nitrogens with zero attached hydrogens (tertiary/aromatic N) is 2. The molecule has 3 rings (SSSR count). The van der Waals surface area contributed by atoms with Crippen molar-refractivity contribution in [3.63, 3.8) is 0 Å². The summed E-state index contributed by atoms with van der Waals surface area (Å²) in [4.78, 5) is 11.3. The number of hydrogen-bond donors (Lipinski definition) is 2. The minimum absolute atomic E-state index is 0.155. The van der Waals surface area contributed by atoms with E-state index in [4.69, 9.17) is 19.5 Å². The third-order valence-corrected chi connectivity index (χ3v) is 5.43. The molecule has 0 fully saturated rings. The first-order valence-electron chi connectivity index (χ1n) is 8.25. The van der Waals surface area contributed by atoms with E-state index in [-0.39, 0.29) is 19.6 Å². The minimum atomic E-state index is -3.28. The summed E-state index contributed by atoms with van der Waals surface area (Å²) in [5.41, 5.74) is 8.39. The van der Waals surface area contributed by atoms with Gasteiger partial charge in [-0.1, -0.05) is 12.1 Å². The van der Waals surface area contributed by atoms with E-state index < -0.39 is 7.60 Å². The van der Waals surface area contributed by atoms with Gasteiger partial charge in [-0.15, -0.1) is 0 Å². The number of fused-ring (bicyclic) bond motifs is 1. The molecule has 1 aromatic carbocycles. The maximum Gasteiger partial charge on any atom is 0.367 e. The molecule has 26 heavy (non-hydrogen) atoms. The summed E-state index contributed by atoms with van der Waals surface area (Å²) in [5, 5.41) is 0.749. The highest BCUT2D eigenvalue weighted by Crippen LogP contribution is 2.48. The lowest BCUT2D eigenvalue weighted by atomic mass is 10.1. The largest absolute Gasteiger partial charge is 0.481 e. The SMILES string of the molecule is CCOP(=O)(COc1cccc(-c2c[nH]c3ncnc(N)c23)c1)OCC. The summed E-state index contributed by atoms with van der Waals surface area (Å²) in [6, 6.07) is 7.38. The van der Waals surface area contributed by atoms with Gasteiger partial charge in [0.05, 0.1) is 18.6 Å². The van der Waals surface area contributed by atoms with E-state index in [1.54, 1.807) is 19.9 Å². The van der Waals surface area contributed by atoms with Crippen molar-refractivity contribution in [2.24, 2.45) is 0 Å².